The molecule has 30 heavy (non-hydrogen) atoms. The molecule has 0 unspecified atom stereocenters. The van der Waals surface area contributed by atoms with Crippen LogP contribution in [0.2, 0.25) is 5.02 Å². The van der Waals surface area contributed by atoms with Crippen molar-refractivity contribution in [1.82, 2.24) is 13.9 Å². The standard InChI is InChI=1S/C21H23ClFN3O2S2/c1-14(2)26-19-9-8-16(30(27,28)25-10-3-4-11-25)12-18(19)24-21(26)29-13-15-6-5-7-17(22)20(15)23/h5-9,12,14H,3-4,10-11,13H2,1-2H3. The Balaban J connectivity index is 1.69. The van der Waals surface area contributed by atoms with E-state index < -0.39 is 15.8 Å². The zero-order valence-corrected chi connectivity index (χ0v) is 19.2. The number of sulfonamides is 1. The molecule has 0 radical (unpaired) electrons. The van der Waals surface area contributed by atoms with E-state index in [0.717, 1.165) is 23.5 Å². The molecule has 1 aliphatic rings. The third-order valence-corrected chi connectivity index (χ3v) is 8.42. The molecule has 160 valence electrons. The molecule has 1 saturated heterocycles. The lowest BCUT2D eigenvalue weighted by Crippen LogP contribution is -2.27. The van der Waals surface area contributed by atoms with Crippen LogP contribution in [-0.4, -0.2) is 35.4 Å². The summed E-state index contributed by atoms with van der Waals surface area (Å²) in [6.45, 7) is 5.21. The third kappa shape index (κ3) is 3.98. The summed E-state index contributed by atoms with van der Waals surface area (Å²) in [6, 6.07) is 10.2. The van der Waals surface area contributed by atoms with E-state index in [0.29, 0.717) is 29.9 Å². The van der Waals surface area contributed by atoms with Crippen molar-refractivity contribution in [2.24, 2.45) is 0 Å². The van der Waals surface area contributed by atoms with Crippen molar-refractivity contribution in [2.75, 3.05) is 13.1 Å². The Morgan fingerprint density at radius 1 is 1.20 bits per heavy atom. The Morgan fingerprint density at radius 2 is 1.93 bits per heavy atom. The Labute approximate surface area is 185 Å². The molecular weight excluding hydrogens is 445 g/mol. The largest absolute Gasteiger partial charge is 0.316 e. The molecule has 2 aromatic carbocycles. The zero-order valence-electron chi connectivity index (χ0n) is 16.8. The fourth-order valence-corrected chi connectivity index (χ4v) is 6.55. The van der Waals surface area contributed by atoms with Crippen LogP contribution in [0.4, 0.5) is 4.39 Å². The van der Waals surface area contributed by atoms with Gasteiger partial charge in [0.05, 0.1) is 21.0 Å². The van der Waals surface area contributed by atoms with Crippen molar-refractivity contribution in [2.45, 2.75) is 48.5 Å². The van der Waals surface area contributed by atoms with Crippen molar-refractivity contribution in [3.05, 3.63) is 52.8 Å². The molecular formula is C21H23ClFN3O2S2. The molecule has 4 rings (SSSR count). The maximum absolute atomic E-state index is 14.3. The van der Waals surface area contributed by atoms with Gasteiger partial charge in [0.15, 0.2) is 5.16 Å². The minimum atomic E-state index is -3.51. The molecule has 1 aromatic heterocycles. The second-order valence-electron chi connectivity index (χ2n) is 7.62. The molecule has 1 fully saturated rings. The minimum absolute atomic E-state index is 0.0993. The quantitative estimate of drug-likeness (QED) is 0.450. The molecule has 0 saturated carbocycles. The van der Waals surface area contributed by atoms with Crippen molar-refractivity contribution >= 4 is 44.4 Å². The maximum Gasteiger partial charge on any atom is 0.243 e. The highest BCUT2D eigenvalue weighted by atomic mass is 35.5. The van der Waals surface area contributed by atoms with Crippen LogP contribution in [0.15, 0.2) is 46.5 Å². The van der Waals surface area contributed by atoms with E-state index in [1.165, 1.54) is 22.1 Å². The molecule has 0 bridgehead atoms. The van der Waals surface area contributed by atoms with Crippen LogP contribution in [0.5, 0.6) is 0 Å². The normalized spacial score (nSPS) is 15.5. The summed E-state index contributed by atoms with van der Waals surface area (Å²) >= 11 is 7.30. The van der Waals surface area contributed by atoms with Crippen LogP contribution in [0.25, 0.3) is 11.0 Å². The molecule has 2 heterocycles. The topological polar surface area (TPSA) is 55.2 Å². The number of halogens is 2. The monoisotopic (exact) mass is 467 g/mol. The highest BCUT2D eigenvalue weighted by Crippen LogP contribution is 2.33. The molecule has 3 aromatic rings. The second-order valence-corrected chi connectivity index (χ2v) is 10.9. The van der Waals surface area contributed by atoms with E-state index in [4.69, 9.17) is 11.6 Å². The number of benzene rings is 2. The Morgan fingerprint density at radius 3 is 2.63 bits per heavy atom. The first kappa shape index (κ1) is 21.6. The molecule has 1 aliphatic heterocycles. The van der Waals surface area contributed by atoms with Gasteiger partial charge in [0, 0.05) is 24.9 Å². The lowest BCUT2D eigenvalue weighted by atomic mass is 10.2. The van der Waals surface area contributed by atoms with E-state index in [1.807, 2.05) is 19.9 Å². The Hall–Kier alpha value is -1.61. The SMILES string of the molecule is CC(C)n1c(SCc2cccc(Cl)c2F)nc2cc(S(=O)(=O)N3CCCC3)ccc21. The average Bonchev–Trinajstić information content (AvgIpc) is 3.36. The molecule has 0 amide bonds. The number of fused-ring (bicyclic) bond motifs is 1. The van der Waals surface area contributed by atoms with Gasteiger partial charge in [-0.3, -0.25) is 0 Å². The number of thioether (sulfide) groups is 1. The van der Waals surface area contributed by atoms with Gasteiger partial charge in [0.1, 0.15) is 5.82 Å². The average molecular weight is 468 g/mol. The Kier molecular flexibility index (Phi) is 6.12. The number of imidazole rings is 1. The first-order valence-corrected chi connectivity index (χ1v) is 12.7. The lowest BCUT2D eigenvalue weighted by Gasteiger charge is -2.16. The van der Waals surface area contributed by atoms with E-state index in [-0.39, 0.29) is 16.0 Å². The van der Waals surface area contributed by atoms with Gasteiger partial charge in [-0.1, -0.05) is 35.5 Å². The van der Waals surface area contributed by atoms with Crippen LogP contribution in [0.3, 0.4) is 0 Å². The van der Waals surface area contributed by atoms with Crippen LogP contribution < -0.4 is 0 Å². The highest BCUT2D eigenvalue weighted by Gasteiger charge is 2.28. The van der Waals surface area contributed by atoms with Crippen LogP contribution in [-0.2, 0) is 15.8 Å². The van der Waals surface area contributed by atoms with Gasteiger partial charge in [-0.15, -0.1) is 0 Å². The smallest absolute Gasteiger partial charge is 0.243 e. The fourth-order valence-electron chi connectivity index (χ4n) is 3.70. The Bertz CT molecular complexity index is 1190. The highest BCUT2D eigenvalue weighted by molar-refractivity contribution is 7.98. The van der Waals surface area contributed by atoms with Crippen LogP contribution in [0, 0.1) is 5.82 Å². The number of nitrogens with zero attached hydrogens (tertiary/aromatic N) is 3. The van der Waals surface area contributed by atoms with Gasteiger partial charge >= 0.3 is 0 Å². The molecule has 0 N–H and O–H groups in total. The minimum Gasteiger partial charge on any atom is -0.316 e. The third-order valence-electron chi connectivity index (χ3n) is 5.24. The molecule has 0 spiro atoms. The maximum atomic E-state index is 14.3. The van der Waals surface area contributed by atoms with Crippen molar-refractivity contribution in [3.63, 3.8) is 0 Å². The first-order valence-electron chi connectivity index (χ1n) is 9.87. The van der Waals surface area contributed by atoms with E-state index in [1.54, 1.807) is 24.3 Å². The predicted octanol–water partition coefficient (Wildman–Crippen LogP) is 5.49. The van der Waals surface area contributed by atoms with Crippen molar-refractivity contribution < 1.29 is 12.8 Å². The summed E-state index contributed by atoms with van der Waals surface area (Å²) in [6.07, 6.45) is 1.79. The van der Waals surface area contributed by atoms with Gasteiger partial charge in [0.2, 0.25) is 10.0 Å². The summed E-state index contributed by atoms with van der Waals surface area (Å²) in [5.41, 5.74) is 1.99. The van der Waals surface area contributed by atoms with Crippen LogP contribution in [0.1, 0.15) is 38.3 Å². The van der Waals surface area contributed by atoms with Gasteiger partial charge in [-0.2, -0.15) is 4.31 Å². The molecule has 0 aliphatic carbocycles. The van der Waals surface area contributed by atoms with Crippen molar-refractivity contribution in [3.8, 4) is 0 Å². The number of aromatic nitrogens is 2. The number of hydrogen-bond acceptors (Lipinski definition) is 4. The number of hydrogen-bond donors (Lipinski definition) is 0. The molecule has 0 atom stereocenters. The fraction of sp³-hybridized carbons (Fsp3) is 0.381. The summed E-state index contributed by atoms with van der Waals surface area (Å²) in [4.78, 5) is 4.96. The van der Waals surface area contributed by atoms with Gasteiger partial charge < -0.3 is 4.57 Å². The van der Waals surface area contributed by atoms with Crippen molar-refractivity contribution in [1.29, 1.82) is 0 Å². The van der Waals surface area contributed by atoms with Gasteiger partial charge in [0.25, 0.3) is 0 Å². The molecule has 5 nitrogen and oxygen atoms in total. The summed E-state index contributed by atoms with van der Waals surface area (Å²) in [5, 5.41) is 0.817. The number of rotatable bonds is 6. The van der Waals surface area contributed by atoms with Gasteiger partial charge in [-0.25, -0.2) is 17.8 Å². The first-order chi connectivity index (χ1) is 14.3. The lowest BCUT2D eigenvalue weighted by molar-refractivity contribution is 0.477. The second kappa shape index (κ2) is 8.49. The van der Waals surface area contributed by atoms with E-state index in [9.17, 15) is 12.8 Å². The van der Waals surface area contributed by atoms with E-state index in [2.05, 4.69) is 9.55 Å². The summed E-state index contributed by atoms with van der Waals surface area (Å²) in [5.74, 6) is -0.0423. The zero-order chi connectivity index (χ0) is 21.5. The van der Waals surface area contributed by atoms with E-state index >= 15 is 0 Å². The molecule has 9 heteroatoms. The van der Waals surface area contributed by atoms with Crippen LogP contribution >= 0.6 is 23.4 Å². The van der Waals surface area contributed by atoms with Gasteiger partial charge in [-0.05, 0) is 56.5 Å². The summed E-state index contributed by atoms with van der Waals surface area (Å²) < 4.78 is 43.7. The summed E-state index contributed by atoms with van der Waals surface area (Å²) in [7, 11) is -3.51. The predicted molar refractivity (Wildman–Crippen MR) is 119 cm³/mol.